The highest BCUT2D eigenvalue weighted by Gasteiger charge is 2.72. The SMILES string of the molecule is CC(=O)O[C@@H]1C[C@H]2[C@@]3(C)CC[C@@H](OC(=O)CC(=O)O)C(C)(C)[C@@H]3CC[C@@]2(C)[C@]2(C)CC[C@H]([C@@]3(C)CC[C@H](C(C)(C)O)O3)[C@@H]12. The van der Waals surface area contributed by atoms with Crippen LogP contribution in [-0.4, -0.2) is 57.6 Å². The first-order valence-electron chi connectivity index (χ1n) is 16.7. The van der Waals surface area contributed by atoms with Gasteiger partial charge in [0.15, 0.2) is 0 Å². The fraction of sp³-hybridized carbons (Fsp3) is 0.914. The molecule has 11 atom stereocenters. The quantitative estimate of drug-likeness (QED) is 0.268. The molecule has 0 bridgehead atoms. The van der Waals surface area contributed by atoms with E-state index < -0.39 is 24.0 Å². The van der Waals surface area contributed by atoms with Crippen molar-refractivity contribution in [2.45, 2.75) is 156 Å². The summed E-state index contributed by atoms with van der Waals surface area (Å²) in [4.78, 5) is 36.2. The maximum atomic E-state index is 12.6. The van der Waals surface area contributed by atoms with Gasteiger partial charge < -0.3 is 24.4 Å². The Labute approximate surface area is 258 Å². The van der Waals surface area contributed by atoms with E-state index in [-0.39, 0.29) is 69.3 Å². The van der Waals surface area contributed by atoms with Gasteiger partial charge in [-0.05, 0) is 113 Å². The van der Waals surface area contributed by atoms with Crippen molar-refractivity contribution in [3.8, 4) is 0 Å². The minimum atomic E-state index is -1.17. The van der Waals surface area contributed by atoms with Crippen molar-refractivity contribution in [3.05, 3.63) is 0 Å². The molecule has 43 heavy (non-hydrogen) atoms. The maximum absolute atomic E-state index is 12.6. The number of ether oxygens (including phenoxy) is 3. The summed E-state index contributed by atoms with van der Waals surface area (Å²) in [6, 6.07) is 0. The summed E-state index contributed by atoms with van der Waals surface area (Å²) in [6.45, 7) is 19.2. The molecule has 0 unspecified atom stereocenters. The number of fused-ring (bicyclic) bond motifs is 5. The van der Waals surface area contributed by atoms with Crippen molar-refractivity contribution in [1.82, 2.24) is 0 Å². The first-order valence-corrected chi connectivity index (χ1v) is 16.7. The van der Waals surface area contributed by atoms with Gasteiger partial charge in [-0.25, -0.2) is 0 Å². The number of carbonyl (C=O) groups is 3. The van der Waals surface area contributed by atoms with E-state index in [4.69, 9.17) is 19.3 Å². The number of carboxylic acid groups (broad SMARTS) is 1. The number of aliphatic hydroxyl groups is 1. The first kappa shape index (κ1) is 32.7. The van der Waals surface area contributed by atoms with Crippen molar-refractivity contribution >= 4 is 17.9 Å². The highest BCUT2D eigenvalue weighted by molar-refractivity contribution is 5.90. The Bertz CT molecular complexity index is 1140. The molecule has 5 rings (SSSR count). The molecule has 1 saturated heterocycles. The second-order valence-corrected chi connectivity index (χ2v) is 17.1. The molecule has 0 aromatic carbocycles. The lowest BCUT2D eigenvalue weighted by atomic mass is 9.35. The third kappa shape index (κ3) is 5.05. The third-order valence-electron chi connectivity index (χ3n) is 14.1. The first-order chi connectivity index (χ1) is 19.7. The molecular weight excluding hydrogens is 548 g/mol. The molecule has 5 aliphatic rings. The zero-order valence-electron chi connectivity index (χ0n) is 28.0. The molecule has 0 aromatic heterocycles. The number of esters is 2. The number of aliphatic carboxylic acids is 1. The molecule has 0 amide bonds. The molecule has 4 saturated carbocycles. The number of hydrogen-bond acceptors (Lipinski definition) is 7. The summed E-state index contributed by atoms with van der Waals surface area (Å²) in [7, 11) is 0. The average Bonchev–Trinajstić information content (AvgIpc) is 3.44. The van der Waals surface area contributed by atoms with Gasteiger partial charge in [0.2, 0.25) is 0 Å². The number of rotatable bonds is 6. The number of carbonyl (C=O) groups excluding carboxylic acids is 2. The lowest BCUT2D eigenvalue weighted by Gasteiger charge is -2.70. The molecular formula is C35H56O8. The van der Waals surface area contributed by atoms with E-state index in [1.807, 2.05) is 13.8 Å². The Morgan fingerprint density at radius 1 is 0.860 bits per heavy atom. The largest absolute Gasteiger partial charge is 0.481 e. The van der Waals surface area contributed by atoms with Gasteiger partial charge in [0.05, 0.1) is 17.3 Å². The fourth-order valence-corrected chi connectivity index (χ4v) is 11.9. The molecule has 0 radical (unpaired) electrons. The van der Waals surface area contributed by atoms with Crippen LogP contribution in [0.3, 0.4) is 0 Å². The summed E-state index contributed by atoms with van der Waals surface area (Å²) >= 11 is 0. The van der Waals surface area contributed by atoms with Crippen LogP contribution in [0.4, 0.5) is 0 Å². The average molecular weight is 605 g/mol. The monoisotopic (exact) mass is 604 g/mol. The third-order valence-corrected chi connectivity index (χ3v) is 14.1. The zero-order valence-corrected chi connectivity index (χ0v) is 28.0. The van der Waals surface area contributed by atoms with Crippen LogP contribution >= 0.6 is 0 Å². The minimum absolute atomic E-state index is 0.0296. The van der Waals surface area contributed by atoms with Crippen LogP contribution in [0.5, 0.6) is 0 Å². The van der Waals surface area contributed by atoms with Crippen LogP contribution in [0, 0.1) is 45.3 Å². The van der Waals surface area contributed by atoms with Crippen molar-refractivity contribution in [1.29, 1.82) is 0 Å². The van der Waals surface area contributed by atoms with Crippen LogP contribution in [0.2, 0.25) is 0 Å². The van der Waals surface area contributed by atoms with Gasteiger partial charge >= 0.3 is 17.9 Å². The van der Waals surface area contributed by atoms with Crippen LogP contribution < -0.4 is 0 Å². The van der Waals surface area contributed by atoms with E-state index >= 15 is 0 Å². The molecule has 1 aliphatic heterocycles. The zero-order chi connectivity index (χ0) is 32.0. The predicted molar refractivity (Wildman–Crippen MR) is 161 cm³/mol. The Balaban J connectivity index is 1.48. The van der Waals surface area contributed by atoms with E-state index in [1.54, 1.807) is 0 Å². The highest BCUT2D eigenvalue weighted by atomic mass is 16.6. The molecule has 8 heteroatoms. The lowest BCUT2D eigenvalue weighted by molar-refractivity contribution is -0.254. The molecule has 5 fully saturated rings. The van der Waals surface area contributed by atoms with Gasteiger partial charge in [-0.3, -0.25) is 14.4 Å². The topological polar surface area (TPSA) is 119 Å². The van der Waals surface area contributed by atoms with Crippen LogP contribution in [0.25, 0.3) is 0 Å². The van der Waals surface area contributed by atoms with E-state index in [2.05, 4.69) is 41.5 Å². The normalized spacial score (nSPS) is 47.2. The van der Waals surface area contributed by atoms with Crippen LogP contribution in [0.1, 0.15) is 127 Å². The van der Waals surface area contributed by atoms with Crippen molar-refractivity contribution in [2.75, 3.05) is 0 Å². The van der Waals surface area contributed by atoms with Gasteiger partial charge in [0, 0.05) is 18.3 Å². The second kappa shape index (κ2) is 10.4. The Morgan fingerprint density at radius 3 is 2.09 bits per heavy atom. The molecule has 0 spiro atoms. The summed E-state index contributed by atoms with van der Waals surface area (Å²) in [5.41, 5.74) is -1.66. The van der Waals surface area contributed by atoms with Gasteiger partial charge in [0.1, 0.15) is 18.6 Å². The van der Waals surface area contributed by atoms with Crippen molar-refractivity contribution in [2.24, 2.45) is 45.3 Å². The Hall–Kier alpha value is -1.67. The van der Waals surface area contributed by atoms with Gasteiger partial charge in [-0.2, -0.15) is 0 Å². The molecule has 8 nitrogen and oxygen atoms in total. The van der Waals surface area contributed by atoms with Crippen molar-refractivity contribution < 1.29 is 38.8 Å². The van der Waals surface area contributed by atoms with E-state index in [9.17, 15) is 19.5 Å². The predicted octanol–water partition coefficient (Wildman–Crippen LogP) is 6.31. The summed E-state index contributed by atoms with van der Waals surface area (Å²) in [5, 5.41) is 19.9. The molecule has 1 heterocycles. The Kier molecular flexibility index (Phi) is 7.94. The molecule has 0 aromatic rings. The van der Waals surface area contributed by atoms with E-state index in [0.29, 0.717) is 12.3 Å². The Morgan fingerprint density at radius 2 is 1.51 bits per heavy atom. The lowest BCUT2D eigenvalue weighted by Crippen LogP contribution is -2.67. The van der Waals surface area contributed by atoms with Crippen LogP contribution in [0.15, 0.2) is 0 Å². The molecule has 4 aliphatic carbocycles. The molecule has 2 N–H and O–H groups in total. The van der Waals surface area contributed by atoms with Gasteiger partial charge in [0.25, 0.3) is 0 Å². The maximum Gasteiger partial charge on any atom is 0.317 e. The fourth-order valence-electron chi connectivity index (χ4n) is 11.9. The number of hydrogen-bond donors (Lipinski definition) is 2. The second-order valence-electron chi connectivity index (χ2n) is 17.1. The highest BCUT2D eigenvalue weighted by Crippen LogP contribution is 2.76. The summed E-state index contributed by atoms with van der Waals surface area (Å²) in [6.07, 6.45) is 6.90. The summed E-state index contributed by atoms with van der Waals surface area (Å²) < 4.78 is 18.9. The number of carboxylic acids is 1. The summed E-state index contributed by atoms with van der Waals surface area (Å²) in [5.74, 6) is -1.05. The van der Waals surface area contributed by atoms with E-state index in [0.717, 1.165) is 51.4 Å². The van der Waals surface area contributed by atoms with Crippen molar-refractivity contribution in [3.63, 3.8) is 0 Å². The molecule has 244 valence electrons. The van der Waals surface area contributed by atoms with Gasteiger partial charge in [-0.15, -0.1) is 0 Å². The smallest absolute Gasteiger partial charge is 0.317 e. The minimum Gasteiger partial charge on any atom is -0.481 e. The van der Waals surface area contributed by atoms with Crippen LogP contribution in [-0.2, 0) is 28.6 Å². The van der Waals surface area contributed by atoms with E-state index in [1.165, 1.54) is 6.92 Å². The standard InChI is InChI=1S/C35H56O8/c1-20(36)41-22-18-24-32(6)14-12-25(42-28(39)19-27(37)38)30(2,3)23(32)11-16-33(24,7)34(8)15-10-21(29(22)34)35(9)17-13-26(43-35)31(4,5)40/h21-26,29,40H,10-19H2,1-9H3,(H,37,38)/t21-,22+,23-,24-,25+,26+,29-,32-,33+,34+,35+/m0/s1. The van der Waals surface area contributed by atoms with Gasteiger partial charge in [-0.1, -0.05) is 34.6 Å².